The summed E-state index contributed by atoms with van der Waals surface area (Å²) < 4.78 is 5.33. The zero-order valence-electron chi connectivity index (χ0n) is 15.0. The lowest BCUT2D eigenvalue weighted by atomic mass is 10.0. The first-order chi connectivity index (χ1) is 13.2. The second kappa shape index (κ2) is 7.41. The molecule has 0 saturated heterocycles. The minimum Gasteiger partial charge on any atom is -0.497 e. The third-order valence-electron chi connectivity index (χ3n) is 4.54. The molecule has 1 heterocycles. The van der Waals surface area contributed by atoms with Crippen molar-refractivity contribution >= 4 is 27.7 Å². The van der Waals surface area contributed by atoms with Gasteiger partial charge >= 0.3 is 0 Å². The quantitative estimate of drug-likeness (QED) is 0.591. The smallest absolute Gasteiger partial charge is 0.271 e. The van der Waals surface area contributed by atoms with Crippen molar-refractivity contribution in [3.8, 4) is 5.75 Å². The molecule has 1 N–H and O–H groups in total. The molecule has 5 nitrogen and oxygen atoms in total. The fourth-order valence-electron chi connectivity index (χ4n) is 3.13. The molecule has 0 aliphatic rings. The number of ether oxygens (including phenoxy) is 1. The number of nitrogens with zero attached hydrogens (tertiary/aromatic N) is 2. The van der Waals surface area contributed by atoms with Gasteiger partial charge in [-0.15, -0.1) is 0 Å². The summed E-state index contributed by atoms with van der Waals surface area (Å²) in [7, 11) is 1.66. The standard InChI is InChI=1S/C22H19N3O2/c1-27-17-10-9-15-5-4-6-16(18(15)13-17)11-12-23-22(26)21-14-24-19-7-2-3-8-20(19)25-21/h2-10,13-14H,11-12H2,1H3,(H,23,26). The molecule has 134 valence electrons. The molecule has 1 amide bonds. The summed E-state index contributed by atoms with van der Waals surface area (Å²) in [6.45, 7) is 0.518. The van der Waals surface area contributed by atoms with E-state index >= 15 is 0 Å². The molecule has 0 spiro atoms. The Bertz CT molecular complexity index is 1120. The lowest BCUT2D eigenvalue weighted by molar-refractivity contribution is 0.0949. The zero-order chi connectivity index (χ0) is 18.6. The van der Waals surface area contributed by atoms with Crippen molar-refractivity contribution in [2.24, 2.45) is 0 Å². The maximum atomic E-state index is 12.4. The molecule has 1 aromatic heterocycles. The van der Waals surface area contributed by atoms with Crippen LogP contribution in [0.25, 0.3) is 21.8 Å². The van der Waals surface area contributed by atoms with Gasteiger partial charge in [-0.2, -0.15) is 0 Å². The maximum absolute atomic E-state index is 12.4. The number of para-hydroxylation sites is 2. The van der Waals surface area contributed by atoms with Crippen LogP contribution < -0.4 is 10.1 Å². The molecule has 0 radical (unpaired) electrons. The number of amides is 1. The monoisotopic (exact) mass is 357 g/mol. The Labute approximate surface area is 157 Å². The highest BCUT2D eigenvalue weighted by molar-refractivity contribution is 5.93. The highest BCUT2D eigenvalue weighted by Gasteiger charge is 2.09. The Balaban J connectivity index is 1.47. The van der Waals surface area contributed by atoms with Gasteiger partial charge < -0.3 is 10.1 Å². The zero-order valence-corrected chi connectivity index (χ0v) is 15.0. The van der Waals surface area contributed by atoms with Crippen LogP contribution in [0.1, 0.15) is 16.1 Å². The summed E-state index contributed by atoms with van der Waals surface area (Å²) in [6, 6.07) is 19.7. The fraction of sp³-hybridized carbons (Fsp3) is 0.136. The molecular weight excluding hydrogens is 338 g/mol. The van der Waals surface area contributed by atoms with Crippen molar-refractivity contribution in [2.75, 3.05) is 13.7 Å². The van der Waals surface area contributed by atoms with Crippen LogP contribution >= 0.6 is 0 Å². The third-order valence-corrected chi connectivity index (χ3v) is 4.54. The van der Waals surface area contributed by atoms with E-state index in [4.69, 9.17) is 4.74 Å². The number of rotatable bonds is 5. The molecule has 5 heteroatoms. The van der Waals surface area contributed by atoms with E-state index in [1.807, 2.05) is 48.5 Å². The Kier molecular flexibility index (Phi) is 4.66. The Hall–Kier alpha value is -3.47. The van der Waals surface area contributed by atoms with Crippen molar-refractivity contribution in [1.82, 2.24) is 15.3 Å². The molecule has 0 unspecified atom stereocenters. The highest BCUT2D eigenvalue weighted by Crippen LogP contribution is 2.24. The second-order valence-corrected chi connectivity index (χ2v) is 6.25. The average molecular weight is 357 g/mol. The molecule has 0 aliphatic carbocycles. The Morgan fingerprint density at radius 1 is 1.04 bits per heavy atom. The van der Waals surface area contributed by atoms with Crippen LogP contribution in [0.15, 0.2) is 66.9 Å². The molecule has 0 saturated carbocycles. The molecular formula is C22H19N3O2. The molecule has 4 rings (SSSR count). The second-order valence-electron chi connectivity index (χ2n) is 6.25. The number of carbonyl (C=O) groups excluding carboxylic acids is 1. The van der Waals surface area contributed by atoms with Crippen LogP contribution in [-0.4, -0.2) is 29.5 Å². The van der Waals surface area contributed by atoms with Gasteiger partial charge in [0, 0.05) is 6.54 Å². The summed E-state index contributed by atoms with van der Waals surface area (Å²) in [4.78, 5) is 21.1. The van der Waals surface area contributed by atoms with Crippen LogP contribution in [0.4, 0.5) is 0 Å². The first kappa shape index (κ1) is 17.0. The molecule has 0 atom stereocenters. The number of fused-ring (bicyclic) bond motifs is 2. The molecule has 4 aromatic rings. The van der Waals surface area contributed by atoms with Gasteiger partial charge in [-0.1, -0.05) is 36.4 Å². The largest absolute Gasteiger partial charge is 0.497 e. The number of methoxy groups -OCH3 is 1. The minimum absolute atomic E-state index is 0.217. The summed E-state index contributed by atoms with van der Waals surface area (Å²) in [5.74, 6) is 0.608. The van der Waals surface area contributed by atoms with E-state index in [1.54, 1.807) is 7.11 Å². The van der Waals surface area contributed by atoms with Gasteiger partial charge in [0.05, 0.1) is 24.3 Å². The highest BCUT2D eigenvalue weighted by atomic mass is 16.5. The number of aromatic nitrogens is 2. The van der Waals surface area contributed by atoms with E-state index in [0.29, 0.717) is 17.8 Å². The summed E-state index contributed by atoms with van der Waals surface area (Å²) in [6.07, 6.45) is 2.23. The van der Waals surface area contributed by atoms with E-state index in [9.17, 15) is 4.79 Å². The average Bonchev–Trinajstić information content (AvgIpc) is 2.73. The van der Waals surface area contributed by atoms with Gasteiger partial charge in [-0.3, -0.25) is 9.78 Å². The van der Waals surface area contributed by atoms with Gasteiger partial charge in [0.2, 0.25) is 0 Å². The van der Waals surface area contributed by atoms with Crippen molar-refractivity contribution in [3.05, 3.63) is 78.1 Å². The SMILES string of the molecule is COc1ccc2cccc(CCNC(=O)c3cnc4ccccc4n3)c2c1. The van der Waals surface area contributed by atoms with Crippen LogP contribution in [0.2, 0.25) is 0 Å². The van der Waals surface area contributed by atoms with Gasteiger partial charge in [0.25, 0.3) is 5.91 Å². The van der Waals surface area contributed by atoms with Crippen molar-refractivity contribution in [1.29, 1.82) is 0 Å². The summed E-state index contributed by atoms with van der Waals surface area (Å²) >= 11 is 0. The lowest BCUT2D eigenvalue weighted by Gasteiger charge is -2.09. The van der Waals surface area contributed by atoms with Gasteiger partial charge in [0.1, 0.15) is 11.4 Å². The van der Waals surface area contributed by atoms with Gasteiger partial charge in [-0.05, 0) is 47.0 Å². The fourth-order valence-corrected chi connectivity index (χ4v) is 3.13. The van der Waals surface area contributed by atoms with Gasteiger partial charge in [-0.25, -0.2) is 4.98 Å². The number of hydrogen-bond acceptors (Lipinski definition) is 4. The van der Waals surface area contributed by atoms with Crippen molar-refractivity contribution in [3.63, 3.8) is 0 Å². The molecule has 27 heavy (non-hydrogen) atoms. The van der Waals surface area contributed by atoms with Crippen molar-refractivity contribution in [2.45, 2.75) is 6.42 Å². The topological polar surface area (TPSA) is 64.1 Å². The van der Waals surface area contributed by atoms with Crippen LogP contribution in [-0.2, 0) is 6.42 Å². The normalized spacial score (nSPS) is 10.9. The number of nitrogens with one attached hydrogen (secondary N) is 1. The number of benzene rings is 3. The first-order valence-corrected chi connectivity index (χ1v) is 8.80. The van der Waals surface area contributed by atoms with E-state index < -0.39 is 0 Å². The predicted molar refractivity (Wildman–Crippen MR) is 106 cm³/mol. The summed E-state index contributed by atoms with van der Waals surface area (Å²) in [5.41, 5.74) is 2.98. The molecule has 0 bridgehead atoms. The van der Waals surface area contributed by atoms with E-state index in [1.165, 1.54) is 6.20 Å². The van der Waals surface area contributed by atoms with E-state index in [0.717, 1.165) is 34.0 Å². The number of carbonyl (C=O) groups is 1. The third kappa shape index (κ3) is 3.58. The van der Waals surface area contributed by atoms with Crippen LogP contribution in [0, 0.1) is 0 Å². The molecule has 0 fully saturated rings. The molecule has 0 aliphatic heterocycles. The van der Waals surface area contributed by atoms with Crippen molar-refractivity contribution < 1.29 is 9.53 Å². The Morgan fingerprint density at radius 2 is 1.89 bits per heavy atom. The van der Waals surface area contributed by atoms with E-state index in [2.05, 4.69) is 27.4 Å². The van der Waals surface area contributed by atoms with Crippen LogP contribution in [0.5, 0.6) is 5.75 Å². The van der Waals surface area contributed by atoms with E-state index in [-0.39, 0.29) is 5.91 Å². The van der Waals surface area contributed by atoms with Crippen LogP contribution in [0.3, 0.4) is 0 Å². The lowest BCUT2D eigenvalue weighted by Crippen LogP contribution is -2.26. The predicted octanol–water partition coefficient (Wildman–Crippen LogP) is 3.76. The minimum atomic E-state index is -0.217. The maximum Gasteiger partial charge on any atom is 0.271 e. The number of hydrogen-bond donors (Lipinski definition) is 1. The Morgan fingerprint density at radius 3 is 2.74 bits per heavy atom. The summed E-state index contributed by atoms with van der Waals surface area (Å²) in [5, 5.41) is 5.22. The first-order valence-electron chi connectivity index (χ1n) is 8.80. The molecule has 3 aromatic carbocycles. The van der Waals surface area contributed by atoms with Gasteiger partial charge in [0.15, 0.2) is 0 Å².